The molecule has 12 heteroatoms. The molecule has 8 nitrogen and oxygen atoms in total. The number of amides is 2. The first-order chi connectivity index (χ1) is 18.0. The zero-order valence-electron chi connectivity index (χ0n) is 20.4. The van der Waals surface area contributed by atoms with E-state index in [1.165, 1.54) is 29.3 Å². The summed E-state index contributed by atoms with van der Waals surface area (Å²) in [6.45, 7) is 3.35. The molecule has 1 aliphatic rings. The monoisotopic (exact) mass is 528 g/mol. The highest BCUT2D eigenvalue weighted by molar-refractivity contribution is 6.08. The van der Waals surface area contributed by atoms with Crippen LogP contribution in [-0.2, 0) is 11.0 Å². The van der Waals surface area contributed by atoms with Gasteiger partial charge in [-0.3, -0.25) is 9.59 Å². The van der Waals surface area contributed by atoms with Gasteiger partial charge < -0.3 is 11.1 Å². The zero-order chi connectivity index (χ0) is 27.6. The molecule has 0 fully saturated rings. The van der Waals surface area contributed by atoms with Gasteiger partial charge in [0.25, 0.3) is 5.91 Å². The molecule has 0 saturated carbocycles. The summed E-state index contributed by atoms with van der Waals surface area (Å²) in [7, 11) is 0. The third-order valence-corrected chi connectivity index (χ3v) is 6.03. The van der Waals surface area contributed by atoms with Gasteiger partial charge >= 0.3 is 6.18 Å². The van der Waals surface area contributed by atoms with E-state index >= 15 is 0 Å². The Labute approximate surface area is 215 Å². The molecular weight excluding hydrogens is 504 g/mol. The van der Waals surface area contributed by atoms with Crippen LogP contribution in [0.3, 0.4) is 0 Å². The lowest BCUT2D eigenvalue weighted by atomic mass is 9.90. The second-order valence-electron chi connectivity index (χ2n) is 9.06. The Kier molecular flexibility index (Phi) is 7.42. The van der Waals surface area contributed by atoms with Crippen molar-refractivity contribution in [2.45, 2.75) is 32.0 Å². The number of carbonyl (C=O) groups excluding carboxylic acids is 2. The van der Waals surface area contributed by atoms with Gasteiger partial charge in [0.2, 0.25) is 11.7 Å². The normalized spacial score (nSPS) is 16.3. The number of nitrogens with two attached hydrogens (primary N) is 1. The quantitative estimate of drug-likeness (QED) is 0.452. The lowest BCUT2D eigenvalue weighted by Crippen LogP contribution is -2.48. The Morgan fingerprint density at radius 1 is 1.08 bits per heavy atom. The van der Waals surface area contributed by atoms with Gasteiger partial charge in [0, 0.05) is 12.1 Å². The van der Waals surface area contributed by atoms with Gasteiger partial charge in [-0.05, 0) is 29.2 Å². The third kappa shape index (κ3) is 5.63. The molecule has 0 radical (unpaired) electrons. The molecule has 3 aromatic rings. The second kappa shape index (κ2) is 10.6. The van der Waals surface area contributed by atoms with Gasteiger partial charge in [0.15, 0.2) is 5.82 Å². The van der Waals surface area contributed by atoms with Crippen molar-refractivity contribution >= 4 is 23.3 Å². The predicted molar refractivity (Wildman–Crippen MR) is 132 cm³/mol. The third-order valence-electron chi connectivity index (χ3n) is 6.03. The van der Waals surface area contributed by atoms with Crippen LogP contribution in [0.25, 0.3) is 0 Å². The maximum absolute atomic E-state index is 13.6. The van der Waals surface area contributed by atoms with E-state index in [1.54, 1.807) is 13.8 Å². The van der Waals surface area contributed by atoms with Gasteiger partial charge in [0.1, 0.15) is 17.4 Å². The van der Waals surface area contributed by atoms with Crippen molar-refractivity contribution in [3.63, 3.8) is 0 Å². The van der Waals surface area contributed by atoms with Crippen LogP contribution in [-0.4, -0.2) is 40.1 Å². The molecule has 2 heterocycles. The molecule has 0 saturated heterocycles. The number of hydrogen-bond acceptors (Lipinski definition) is 6. The minimum absolute atomic E-state index is 0.0365. The molecule has 3 N–H and O–H groups in total. The van der Waals surface area contributed by atoms with E-state index in [0.717, 1.165) is 11.8 Å². The van der Waals surface area contributed by atoms with E-state index in [-0.39, 0.29) is 18.0 Å². The van der Waals surface area contributed by atoms with Crippen molar-refractivity contribution in [1.82, 2.24) is 15.3 Å². The molecule has 2 amide bonds. The fraction of sp³-hybridized carbons (Fsp3) is 0.269. The number of carbonyl (C=O) groups is 2. The first-order valence-corrected chi connectivity index (χ1v) is 11.7. The second-order valence-corrected chi connectivity index (χ2v) is 9.06. The first kappa shape index (κ1) is 26.7. The van der Waals surface area contributed by atoms with Crippen molar-refractivity contribution < 1.29 is 27.2 Å². The minimum Gasteiger partial charge on any atom is -0.368 e. The number of nitrogens with zero attached hydrogens (tertiary/aromatic N) is 4. The summed E-state index contributed by atoms with van der Waals surface area (Å²) >= 11 is 0. The van der Waals surface area contributed by atoms with Crippen LogP contribution in [0.1, 0.15) is 47.1 Å². The molecule has 4 rings (SSSR count). The van der Waals surface area contributed by atoms with Crippen LogP contribution in [0.15, 0.2) is 65.9 Å². The number of rotatable bonds is 7. The van der Waals surface area contributed by atoms with Crippen LogP contribution in [0.4, 0.5) is 23.4 Å². The molecule has 1 aliphatic heterocycles. The minimum atomic E-state index is -4.89. The molecule has 1 unspecified atom stereocenters. The highest BCUT2D eigenvalue weighted by Gasteiger charge is 2.39. The number of primary amides is 1. The zero-order valence-corrected chi connectivity index (χ0v) is 20.4. The Morgan fingerprint density at radius 2 is 1.74 bits per heavy atom. The summed E-state index contributed by atoms with van der Waals surface area (Å²) in [5.41, 5.74) is 6.88. The summed E-state index contributed by atoms with van der Waals surface area (Å²) in [6.07, 6.45) is -4.14. The molecule has 2 atom stereocenters. The number of halogens is 4. The number of aromatic nitrogens is 2. The SMILES string of the molecule is CC(C)[C@H](NC(=O)c1cnc(C(F)(F)F)nc1N1CC(c2ccccc2)C(c2ccc(F)cc2)=N1)C(N)=O. The summed E-state index contributed by atoms with van der Waals surface area (Å²) < 4.78 is 54.3. The molecule has 38 heavy (non-hydrogen) atoms. The highest BCUT2D eigenvalue weighted by Crippen LogP contribution is 2.34. The standard InChI is InChI=1S/C26H24F4N6O2/c1-14(2)20(22(31)37)33-24(38)18-12-32-25(26(28,29)30)34-23(18)36-13-19(15-6-4-3-5-7-15)21(35-36)16-8-10-17(27)11-9-16/h3-12,14,19-20H,13H2,1-2H3,(H2,31,37)(H,33,38)/t19?,20-/m0/s1. The van der Waals surface area contributed by atoms with Crippen LogP contribution < -0.4 is 16.1 Å². The van der Waals surface area contributed by atoms with E-state index < -0.39 is 47.4 Å². The largest absolute Gasteiger partial charge is 0.451 e. The molecule has 2 aromatic carbocycles. The summed E-state index contributed by atoms with van der Waals surface area (Å²) in [4.78, 5) is 32.0. The van der Waals surface area contributed by atoms with Crippen molar-refractivity contribution in [2.75, 3.05) is 11.6 Å². The predicted octanol–water partition coefficient (Wildman–Crippen LogP) is 3.88. The fourth-order valence-electron chi connectivity index (χ4n) is 4.11. The molecule has 0 aliphatic carbocycles. The fourth-order valence-corrected chi connectivity index (χ4v) is 4.11. The number of benzene rings is 2. The Balaban J connectivity index is 1.82. The summed E-state index contributed by atoms with van der Waals surface area (Å²) in [5, 5.41) is 8.18. The van der Waals surface area contributed by atoms with Gasteiger partial charge in [-0.15, -0.1) is 0 Å². The van der Waals surface area contributed by atoms with E-state index in [2.05, 4.69) is 20.4 Å². The number of hydrazone groups is 1. The van der Waals surface area contributed by atoms with Crippen LogP contribution >= 0.6 is 0 Å². The molecule has 1 aromatic heterocycles. The Bertz CT molecular complexity index is 1360. The van der Waals surface area contributed by atoms with Crippen molar-refractivity contribution in [2.24, 2.45) is 16.8 Å². The number of hydrogen-bond donors (Lipinski definition) is 2. The van der Waals surface area contributed by atoms with Crippen molar-refractivity contribution in [3.8, 4) is 0 Å². The van der Waals surface area contributed by atoms with Crippen LogP contribution in [0.2, 0.25) is 0 Å². The smallest absolute Gasteiger partial charge is 0.368 e. The van der Waals surface area contributed by atoms with Gasteiger partial charge in [-0.2, -0.15) is 18.3 Å². The number of anilines is 1. The number of alkyl halides is 3. The summed E-state index contributed by atoms with van der Waals surface area (Å²) in [5.74, 6) is -4.81. The lowest BCUT2D eigenvalue weighted by molar-refractivity contribution is -0.144. The molecule has 198 valence electrons. The average Bonchev–Trinajstić information content (AvgIpc) is 3.32. The molecule has 0 spiro atoms. The van der Waals surface area contributed by atoms with Crippen LogP contribution in [0, 0.1) is 11.7 Å². The van der Waals surface area contributed by atoms with Crippen molar-refractivity contribution in [1.29, 1.82) is 0 Å². The average molecular weight is 529 g/mol. The van der Waals surface area contributed by atoms with Crippen LogP contribution in [0.5, 0.6) is 0 Å². The van der Waals surface area contributed by atoms with Crippen molar-refractivity contribution in [3.05, 3.63) is 89.1 Å². The maximum Gasteiger partial charge on any atom is 0.451 e. The Hall–Kier alpha value is -4.35. The van der Waals surface area contributed by atoms with E-state index in [4.69, 9.17) is 5.73 Å². The Morgan fingerprint density at radius 3 is 2.32 bits per heavy atom. The van der Waals surface area contributed by atoms with Gasteiger partial charge in [-0.25, -0.2) is 19.4 Å². The topological polar surface area (TPSA) is 114 Å². The number of nitrogens with one attached hydrogen (secondary N) is 1. The van der Waals surface area contributed by atoms with E-state index in [0.29, 0.717) is 11.3 Å². The molecular formula is C26H24F4N6O2. The van der Waals surface area contributed by atoms with E-state index in [1.807, 2.05) is 30.3 Å². The van der Waals surface area contributed by atoms with Gasteiger partial charge in [-0.1, -0.05) is 56.3 Å². The van der Waals surface area contributed by atoms with Gasteiger partial charge in [0.05, 0.1) is 12.3 Å². The first-order valence-electron chi connectivity index (χ1n) is 11.7. The maximum atomic E-state index is 13.6. The lowest BCUT2D eigenvalue weighted by Gasteiger charge is -2.22. The molecule has 0 bridgehead atoms. The summed E-state index contributed by atoms with van der Waals surface area (Å²) in [6, 6.07) is 13.6. The van der Waals surface area contributed by atoms with E-state index in [9.17, 15) is 27.2 Å². The highest BCUT2D eigenvalue weighted by atomic mass is 19.4.